The molecule has 1 aromatic heterocycles. The van der Waals surface area contributed by atoms with E-state index in [-0.39, 0.29) is 6.10 Å². The first-order valence-electron chi connectivity index (χ1n) is 7.67. The van der Waals surface area contributed by atoms with Crippen molar-refractivity contribution in [1.29, 1.82) is 0 Å². The lowest BCUT2D eigenvalue weighted by Crippen LogP contribution is -2.31. The molecular weight excluding hydrogens is 252 g/mol. The first-order valence-corrected chi connectivity index (χ1v) is 7.67. The summed E-state index contributed by atoms with van der Waals surface area (Å²) in [4.78, 5) is 18.4. The van der Waals surface area contributed by atoms with Gasteiger partial charge in [0, 0.05) is 31.6 Å². The van der Waals surface area contributed by atoms with Gasteiger partial charge in [-0.05, 0) is 24.8 Å². The minimum absolute atomic E-state index is 0.0948. The summed E-state index contributed by atoms with van der Waals surface area (Å²) in [6.45, 7) is 1.53. The average molecular weight is 274 g/mol. The van der Waals surface area contributed by atoms with E-state index in [4.69, 9.17) is 4.74 Å². The SMILES string of the molecule is O=C(CC1CCCC1)N1CCC(Oc2ccccn2)C1. The van der Waals surface area contributed by atoms with Gasteiger partial charge in [-0.1, -0.05) is 18.9 Å². The van der Waals surface area contributed by atoms with Gasteiger partial charge in [-0.2, -0.15) is 0 Å². The quantitative estimate of drug-likeness (QED) is 0.847. The summed E-state index contributed by atoms with van der Waals surface area (Å²) in [5.74, 6) is 1.59. The number of hydrogen-bond acceptors (Lipinski definition) is 3. The van der Waals surface area contributed by atoms with Crippen LogP contribution in [0.2, 0.25) is 0 Å². The normalized spacial score (nSPS) is 23.2. The number of carbonyl (C=O) groups is 1. The van der Waals surface area contributed by atoms with Gasteiger partial charge >= 0.3 is 0 Å². The van der Waals surface area contributed by atoms with Crippen LogP contribution in [-0.4, -0.2) is 35.0 Å². The van der Waals surface area contributed by atoms with E-state index in [0.717, 1.165) is 19.4 Å². The summed E-state index contributed by atoms with van der Waals surface area (Å²) >= 11 is 0. The number of amides is 1. The molecule has 0 spiro atoms. The van der Waals surface area contributed by atoms with Gasteiger partial charge in [-0.3, -0.25) is 4.79 Å². The van der Waals surface area contributed by atoms with Gasteiger partial charge in [0.25, 0.3) is 0 Å². The molecule has 2 fully saturated rings. The fraction of sp³-hybridized carbons (Fsp3) is 0.625. The van der Waals surface area contributed by atoms with Crippen molar-refractivity contribution in [3.05, 3.63) is 24.4 Å². The number of aromatic nitrogens is 1. The average Bonchev–Trinajstić information content (AvgIpc) is 3.11. The summed E-state index contributed by atoms with van der Waals surface area (Å²) in [5.41, 5.74) is 0. The van der Waals surface area contributed by atoms with Crippen molar-refractivity contribution in [3.63, 3.8) is 0 Å². The van der Waals surface area contributed by atoms with Gasteiger partial charge in [0.1, 0.15) is 6.10 Å². The van der Waals surface area contributed by atoms with Crippen molar-refractivity contribution in [2.24, 2.45) is 5.92 Å². The molecule has 1 unspecified atom stereocenters. The molecule has 1 aliphatic carbocycles. The monoisotopic (exact) mass is 274 g/mol. The van der Waals surface area contributed by atoms with Gasteiger partial charge in [0.2, 0.25) is 11.8 Å². The number of ether oxygens (including phenoxy) is 1. The van der Waals surface area contributed by atoms with Crippen LogP contribution in [0.25, 0.3) is 0 Å². The van der Waals surface area contributed by atoms with E-state index in [1.54, 1.807) is 6.20 Å². The van der Waals surface area contributed by atoms with Crippen LogP contribution < -0.4 is 4.74 Å². The highest BCUT2D eigenvalue weighted by molar-refractivity contribution is 5.76. The minimum Gasteiger partial charge on any atom is -0.472 e. The summed E-state index contributed by atoms with van der Waals surface area (Å²) in [5, 5.41) is 0. The molecule has 0 aromatic carbocycles. The lowest BCUT2D eigenvalue weighted by molar-refractivity contribution is -0.131. The smallest absolute Gasteiger partial charge is 0.222 e. The summed E-state index contributed by atoms with van der Waals surface area (Å²) in [6.07, 6.45) is 8.52. The second-order valence-electron chi connectivity index (χ2n) is 5.89. The highest BCUT2D eigenvalue weighted by atomic mass is 16.5. The van der Waals surface area contributed by atoms with Crippen molar-refractivity contribution < 1.29 is 9.53 Å². The zero-order valence-electron chi connectivity index (χ0n) is 11.8. The number of carbonyl (C=O) groups excluding carboxylic acids is 1. The van der Waals surface area contributed by atoms with Gasteiger partial charge in [0.05, 0.1) is 6.54 Å². The van der Waals surface area contributed by atoms with Crippen LogP contribution >= 0.6 is 0 Å². The maximum absolute atomic E-state index is 12.3. The standard InChI is InChI=1S/C16H22N2O2/c19-16(11-13-5-1-2-6-13)18-10-8-14(12-18)20-15-7-3-4-9-17-15/h3-4,7,9,13-14H,1-2,5-6,8,10-12H2. The Morgan fingerprint density at radius 3 is 2.90 bits per heavy atom. The highest BCUT2D eigenvalue weighted by Gasteiger charge is 2.29. The number of nitrogens with zero attached hydrogens (tertiary/aromatic N) is 2. The lowest BCUT2D eigenvalue weighted by Gasteiger charge is -2.19. The molecule has 4 nitrogen and oxygen atoms in total. The summed E-state index contributed by atoms with van der Waals surface area (Å²) < 4.78 is 5.82. The molecule has 1 saturated carbocycles. The first-order chi connectivity index (χ1) is 9.81. The molecule has 1 aliphatic heterocycles. The molecular formula is C16H22N2O2. The Kier molecular flexibility index (Phi) is 4.19. The molecule has 2 heterocycles. The van der Waals surface area contributed by atoms with E-state index >= 15 is 0 Å². The van der Waals surface area contributed by atoms with Crippen LogP contribution in [-0.2, 0) is 4.79 Å². The molecule has 1 atom stereocenters. The van der Waals surface area contributed by atoms with Crippen LogP contribution in [0.5, 0.6) is 5.88 Å². The van der Waals surface area contributed by atoms with E-state index < -0.39 is 0 Å². The second kappa shape index (κ2) is 6.25. The Balaban J connectivity index is 1.47. The van der Waals surface area contributed by atoms with E-state index in [2.05, 4.69) is 4.98 Å². The van der Waals surface area contributed by atoms with Crippen LogP contribution in [0.3, 0.4) is 0 Å². The van der Waals surface area contributed by atoms with E-state index in [0.29, 0.717) is 24.2 Å². The molecule has 3 rings (SSSR count). The number of hydrogen-bond donors (Lipinski definition) is 0. The number of likely N-dealkylation sites (tertiary alicyclic amines) is 1. The minimum atomic E-state index is 0.0948. The highest BCUT2D eigenvalue weighted by Crippen LogP contribution is 2.28. The van der Waals surface area contributed by atoms with E-state index in [1.165, 1.54) is 25.7 Å². The van der Waals surface area contributed by atoms with Gasteiger partial charge < -0.3 is 9.64 Å². The molecule has 20 heavy (non-hydrogen) atoms. The third-order valence-electron chi connectivity index (χ3n) is 4.36. The largest absolute Gasteiger partial charge is 0.472 e. The van der Waals surface area contributed by atoms with Gasteiger partial charge in [-0.25, -0.2) is 4.98 Å². The number of pyridine rings is 1. The van der Waals surface area contributed by atoms with E-state index in [9.17, 15) is 4.79 Å². The molecule has 1 amide bonds. The van der Waals surface area contributed by atoms with E-state index in [1.807, 2.05) is 23.1 Å². The fourth-order valence-corrected chi connectivity index (χ4v) is 3.23. The van der Waals surface area contributed by atoms with Gasteiger partial charge in [0.15, 0.2) is 0 Å². The lowest BCUT2D eigenvalue weighted by atomic mass is 10.0. The first kappa shape index (κ1) is 13.4. The molecule has 1 aromatic rings. The molecule has 0 N–H and O–H groups in total. The third-order valence-corrected chi connectivity index (χ3v) is 4.36. The summed E-state index contributed by atoms with van der Waals surface area (Å²) in [6, 6.07) is 5.66. The van der Waals surface area contributed by atoms with Crippen molar-refractivity contribution in [3.8, 4) is 5.88 Å². The number of rotatable bonds is 4. The summed E-state index contributed by atoms with van der Waals surface area (Å²) in [7, 11) is 0. The predicted octanol–water partition coefficient (Wildman–Crippen LogP) is 2.64. The zero-order chi connectivity index (χ0) is 13.8. The molecule has 0 radical (unpaired) electrons. The molecule has 1 saturated heterocycles. The predicted molar refractivity (Wildman–Crippen MR) is 76.4 cm³/mol. The molecule has 0 bridgehead atoms. The van der Waals surface area contributed by atoms with Crippen molar-refractivity contribution >= 4 is 5.91 Å². The van der Waals surface area contributed by atoms with Crippen LogP contribution in [0.4, 0.5) is 0 Å². The Morgan fingerprint density at radius 1 is 1.30 bits per heavy atom. The molecule has 108 valence electrons. The molecule has 2 aliphatic rings. The van der Waals surface area contributed by atoms with Crippen molar-refractivity contribution in [1.82, 2.24) is 9.88 Å². The van der Waals surface area contributed by atoms with Gasteiger partial charge in [-0.15, -0.1) is 0 Å². The van der Waals surface area contributed by atoms with Crippen LogP contribution in [0.15, 0.2) is 24.4 Å². The van der Waals surface area contributed by atoms with Crippen molar-refractivity contribution in [2.75, 3.05) is 13.1 Å². The Bertz CT molecular complexity index is 443. The third kappa shape index (κ3) is 3.30. The Labute approximate surface area is 120 Å². The van der Waals surface area contributed by atoms with Crippen LogP contribution in [0, 0.1) is 5.92 Å². The zero-order valence-corrected chi connectivity index (χ0v) is 11.8. The fourth-order valence-electron chi connectivity index (χ4n) is 3.23. The Morgan fingerprint density at radius 2 is 2.15 bits per heavy atom. The topological polar surface area (TPSA) is 42.4 Å². The maximum atomic E-state index is 12.3. The maximum Gasteiger partial charge on any atom is 0.222 e. The van der Waals surface area contributed by atoms with Crippen molar-refractivity contribution in [2.45, 2.75) is 44.6 Å². The molecule has 4 heteroatoms. The Hall–Kier alpha value is -1.58. The van der Waals surface area contributed by atoms with Crippen LogP contribution in [0.1, 0.15) is 38.5 Å². The second-order valence-corrected chi connectivity index (χ2v) is 5.89.